The lowest BCUT2D eigenvalue weighted by molar-refractivity contribution is -0.379. The number of nitroso groups, excluding NO2 is 1. The van der Waals surface area contributed by atoms with Gasteiger partial charge in [0.25, 0.3) is 17.5 Å². The summed E-state index contributed by atoms with van der Waals surface area (Å²) in [6.07, 6.45) is 0. The number of hydrogen-bond donors (Lipinski definition) is 3. The van der Waals surface area contributed by atoms with Gasteiger partial charge in [0, 0.05) is 21.7 Å². The number of hydrazine groups is 1. The van der Waals surface area contributed by atoms with Crippen molar-refractivity contribution in [3.05, 3.63) is 70.6 Å². The van der Waals surface area contributed by atoms with Crippen molar-refractivity contribution < 1.29 is 14.8 Å². The van der Waals surface area contributed by atoms with E-state index in [1.807, 2.05) is 0 Å². The molecular formula is C14H12N3O3+. The van der Waals surface area contributed by atoms with Crippen LogP contribution in [0.15, 0.2) is 54.6 Å². The molecule has 0 heterocycles. The van der Waals surface area contributed by atoms with E-state index < -0.39 is 11.8 Å². The third kappa shape index (κ3) is 3.05. The van der Waals surface area contributed by atoms with Crippen LogP contribution in [-0.4, -0.2) is 11.8 Å². The van der Waals surface area contributed by atoms with Crippen molar-refractivity contribution in [3.63, 3.8) is 0 Å². The lowest BCUT2D eigenvalue weighted by Crippen LogP contribution is -2.57. The van der Waals surface area contributed by atoms with Crippen LogP contribution < -0.4 is 16.0 Å². The normalized spacial score (nSPS) is 9.60. The molecule has 0 saturated heterocycles. The van der Waals surface area contributed by atoms with Gasteiger partial charge in [-0.3, -0.25) is 20.4 Å². The van der Waals surface area contributed by atoms with Gasteiger partial charge >= 0.3 is 0 Å². The first-order valence-electron chi connectivity index (χ1n) is 5.85. The number of benzene rings is 2. The van der Waals surface area contributed by atoms with Gasteiger partial charge in [-0.15, -0.1) is 0 Å². The molecule has 0 unspecified atom stereocenters. The fourth-order valence-electron chi connectivity index (χ4n) is 1.61. The Kier molecular flexibility index (Phi) is 4.18. The molecule has 3 N–H and O–H groups in total. The first-order chi connectivity index (χ1) is 9.72. The lowest BCUT2D eigenvalue weighted by Gasteiger charge is -2.06. The topological polar surface area (TPSA) is 89.2 Å². The highest BCUT2D eigenvalue weighted by molar-refractivity contribution is 6.01. The fourth-order valence-corrected chi connectivity index (χ4v) is 1.61. The molecular weight excluding hydrogens is 258 g/mol. The minimum atomic E-state index is -0.576. The van der Waals surface area contributed by atoms with Crippen LogP contribution in [-0.2, 0) is 0 Å². The summed E-state index contributed by atoms with van der Waals surface area (Å²) in [4.78, 5) is 34.3. The smallest absolute Gasteiger partial charge is 0.267 e. The highest BCUT2D eigenvalue weighted by Gasteiger charge is 2.16. The van der Waals surface area contributed by atoms with E-state index in [1.54, 1.807) is 47.6 Å². The monoisotopic (exact) mass is 270 g/mol. The van der Waals surface area contributed by atoms with Crippen LogP contribution in [0.3, 0.4) is 0 Å². The van der Waals surface area contributed by atoms with Crippen LogP contribution in [0, 0.1) is 4.91 Å². The molecule has 2 rings (SSSR count). The molecule has 2 amide bonds. The number of amides is 2. The number of carbonyl (C=O) groups excluding carboxylic acids is 2. The number of carbonyl (C=O) groups is 2. The Balaban J connectivity index is 2.02. The quantitative estimate of drug-likeness (QED) is 0.698. The summed E-state index contributed by atoms with van der Waals surface area (Å²) in [7, 11) is 0. The Labute approximate surface area is 114 Å². The second-order valence-corrected chi connectivity index (χ2v) is 3.92. The first-order valence-corrected chi connectivity index (χ1v) is 5.85. The standard InChI is InChI=1S/C14H11N3O3/c18-13(10-6-2-1-3-7-10)15-16-14(19)11-8-4-5-9-12(11)17-20/h1-9H,(H,15,18)(H,16,19)/p+1. The highest BCUT2D eigenvalue weighted by Crippen LogP contribution is 2.07. The maximum atomic E-state index is 11.9. The molecule has 2 aromatic carbocycles. The number of rotatable bonds is 3. The average Bonchev–Trinajstić information content (AvgIpc) is 2.53. The summed E-state index contributed by atoms with van der Waals surface area (Å²) in [6, 6.07) is 14.6. The maximum absolute atomic E-state index is 11.9. The Hall–Kier alpha value is -3.02. The van der Waals surface area contributed by atoms with E-state index in [1.165, 1.54) is 12.1 Å². The molecule has 100 valence electrons. The van der Waals surface area contributed by atoms with Gasteiger partial charge in [0.05, 0.1) is 0 Å². The van der Waals surface area contributed by atoms with Crippen LogP contribution >= 0.6 is 0 Å². The predicted molar refractivity (Wildman–Crippen MR) is 71.8 cm³/mol. The minimum absolute atomic E-state index is 0.138. The summed E-state index contributed by atoms with van der Waals surface area (Å²) in [5.41, 5.74) is 5.24. The Morgan fingerprint density at radius 3 is 2.10 bits per heavy atom. The first kappa shape index (κ1) is 13.4. The molecule has 0 aliphatic heterocycles. The van der Waals surface area contributed by atoms with Crippen molar-refractivity contribution >= 4 is 17.5 Å². The molecule has 0 saturated carbocycles. The molecule has 0 aliphatic rings. The molecule has 0 fully saturated rings. The van der Waals surface area contributed by atoms with Crippen molar-refractivity contribution in [1.29, 1.82) is 0 Å². The summed E-state index contributed by atoms with van der Waals surface area (Å²) in [6.45, 7) is 0. The van der Waals surface area contributed by atoms with Crippen molar-refractivity contribution in [3.8, 4) is 0 Å². The van der Waals surface area contributed by atoms with Crippen LogP contribution in [0.25, 0.3) is 0 Å². The van der Waals surface area contributed by atoms with E-state index in [2.05, 4.69) is 10.9 Å². The van der Waals surface area contributed by atoms with Crippen molar-refractivity contribution in [2.45, 2.75) is 0 Å². The van der Waals surface area contributed by atoms with Gasteiger partial charge in [-0.05, 0) is 18.2 Å². The average molecular weight is 270 g/mol. The van der Waals surface area contributed by atoms with Crippen LogP contribution in [0.2, 0.25) is 0 Å². The van der Waals surface area contributed by atoms with Gasteiger partial charge in [-0.1, -0.05) is 30.3 Å². The van der Waals surface area contributed by atoms with Crippen LogP contribution in [0.5, 0.6) is 0 Å². The van der Waals surface area contributed by atoms with E-state index in [0.29, 0.717) is 5.56 Å². The summed E-state index contributed by atoms with van der Waals surface area (Å²) in [5.74, 6) is -1.01. The van der Waals surface area contributed by atoms with Crippen molar-refractivity contribution in [1.82, 2.24) is 10.9 Å². The number of nitrogens with one attached hydrogen (secondary N) is 3. The maximum Gasteiger partial charge on any atom is 0.276 e. The van der Waals surface area contributed by atoms with Gasteiger partial charge in [-0.25, -0.2) is 0 Å². The molecule has 2 aromatic rings. The third-order valence-electron chi connectivity index (χ3n) is 2.61. The SMILES string of the molecule is O=[NH+]c1ccccc1C(=O)NNC(=O)c1ccccc1. The van der Waals surface area contributed by atoms with Gasteiger partial charge in [0.2, 0.25) is 0 Å². The predicted octanol–water partition coefficient (Wildman–Crippen LogP) is 0.240. The van der Waals surface area contributed by atoms with Gasteiger partial charge in [0.15, 0.2) is 0 Å². The molecule has 20 heavy (non-hydrogen) atoms. The molecule has 0 bridgehead atoms. The highest BCUT2D eigenvalue weighted by atomic mass is 16.3. The summed E-state index contributed by atoms with van der Waals surface area (Å²) < 4.78 is 0. The van der Waals surface area contributed by atoms with E-state index in [-0.39, 0.29) is 11.3 Å². The van der Waals surface area contributed by atoms with E-state index >= 15 is 0 Å². The van der Waals surface area contributed by atoms with E-state index in [4.69, 9.17) is 0 Å². The van der Waals surface area contributed by atoms with E-state index in [9.17, 15) is 14.5 Å². The van der Waals surface area contributed by atoms with Crippen molar-refractivity contribution in [2.75, 3.05) is 0 Å². The zero-order chi connectivity index (χ0) is 14.4. The van der Waals surface area contributed by atoms with Crippen LogP contribution in [0.1, 0.15) is 20.7 Å². The zero-order valence-corrected chi connectivity index (χ0v) is 10.4. The molecule has 0 aliphatic carbocycles. The van der Waals surface area contributed by atoms with E-state index in [0.717, 1.165) is 0 Å². The molecule has 0 radical (unpaired) electrons. The lowest BCUT2D eigenvalue weighted by atomic mass is 10.2. The second kappa shape index (κ2) is 6.24. The fraction of sp³-hybridized carbons (Fsp3) is 0. The molecule has 0 aromatic heterocycles. The van der Waals surface area contributed by atoms with Gasteiger partial charge < -0.3 is 0 Å². The zero-order valence-electron chi connectivity index (χ0n) is 10.4. The molecule has 0 spiro atoms. The largest absolute Gasteiger partial charge is 0.276 e. The Morgan fingerprint density at radius 2 is 1.40 bits per heavy atom. The Bertz CT molecular complexity index is 641. The number of hydrogen-bond acceptors (Lipinski definition) is 3. The Morgan fingerprint density at radius 1 is 0.800 bits per heavy atom. The number of para-hydroxylation sites is 1. The van der Waals surface area contributed by atoms with Gasteiger partial charge in [0.1, 0.15) is 5.56 Å². The summed E-state index contributed by atoms with van der Waals surface area (Å²) in [5, 5.41) is 1.67. The second-order valence-electron chi connectivity index (χ2n) is 3.92. The molecule has 6 nitrogen and oxygen atoms in total. The minimum Gasteiger partial charge on any atom is -0.267 e. The molecule has 6 heteroatoms. The van der Waals surface area contributed by atoms with Crippen LogP contribution in [0.4, 0.5) is 5.69 Å². The van der Waals surface area contributed by atoms with Crippen molar-refractivity contribution in [2.24, 2.45) is 0 Å². The van der Waals surface area contributed by atoms with Gasteiger partial charge in [-0.2, -0.15) is 0 Å². The molecule has 0 atom stereocenters. The third-order valence-corrected chi connectivity index (χ3v) is 2.61. The summed E-state index contributed by atoms with van der Waals surface area (Å²) >= 11 is 0.